The van der Waals surface area contributed by atoms with E-state index in [4.69, 9.17) is 5.11 Å². The maximum absolute atomic E-state index is 13.9. The van der Waals surface area contributed by atoms with E-state index >= 15 is 0 Å². The number of aryl methyl sites for hydroxylation is 2. The predicted octanol–water partition coefficient (Wildman–Crippen LogP) is 5.77. The van der Waals surface area contributed by atoms with E-state index in [9.17, 15) is 19.1 Å². The Morgan fingerprint density at radius 3 is 2.56 bits per heavy atom. The van der Waals surface area contributed by atoms with Gasteiger partial charge in [-0.25, -0.2) is 13.9 Å². The molecule has 0 aliphatic rings. The van der Waals surface area contributed by atoms with E-state index in [1.165, 1.54) is 24.3 Å². The number of aromatic amines is 1. The fourth-order valence-corrected chi connectivity index (χ4v) is 3.33. The predicted molar refractivity (Wildman–Crippen MR) is 122 cm³/mol. The van der Waals surface area contributed by atoms with Crippen molar-refractivity contribution < 1.29 is 24.1 Å². The SMILES string of the molecule is Cc1ccc(-n2[nH]c(C)c(N=Nc3cccc(-c4cccc(OC(=O)O)c4)c3O)c2=O)cc1F. The lowest BCUT2D eigenvalue weighted by molar-refractivity contribution is 0.144. The molecule has 172 valence electrons. The van der Waals surface area contributed by atoms with Gasteiger partial charge in [-0.3, -0.25) is 9.89 Å². The lowest BCUT2D eigenvalue weighted by Crippen LogP contribution is -2.14. The number of rotatable bonds is 5. The summed E-state index contributed by atoms with van der Waals surface area (Å²) in [6.07, 6.45) is -1.45. The van der Waals surface area contributed by atoms with Crippen LogP contribution in [0.25, 0.3) is 16.8 Å². The van der Waals surface area contributed by atoms with Crippen molar-refractivity contribution >= 4 is 17.5 Å². The summed E-state index contributed by atoms with van der Waals surface area (Å²) >= 11 is 0. The molecule has 0 aliphatic carbocycles. The summed E-state index contributed by atoms with van der Waals surface area (Å²) in [7, 11) is 0. The molecule has 4 rings (SSSR count). The van der Waals surface area contributed by atoms with Crippen LogP contribution in [0.1, 0.15) is 11.3 Å². The number of nitrogens with one attached hydrogen (secondary N) is 1. The van der Waals surface area contributed by atoms with Gasteiger partial charge in [0.25, 0.3) is 5.56 Å². The van der Waals surface area contributed by atoms with Crippen molar-refractivity contribution in [3.63, 3.8) is 0 Å². The van der Waals surface area contributed by atoms with Crippen LogP contribution in [0.2, 0.25) is 0 Å². The van der Waals surface area contributed by atoms with E-state index in [0.717, 1.165) is 4.68 Å². The quantitative estimate of drug-likeness (QED) is 0.197. The monoisotopic (exact) mass is 462 g/mol. The summed E-state index contributed by atoms with van der Waals surface area (Å²) in [5.41, 5.74) is 1.60. The second kappa shape index (κ2) is 9.02. The minimum Gasteiger partial charge on any atom is -0.505 e. The third kappa shape index (κ3) is 4.42. The molecule has 0 radical (unpaired) electrons. The number of aromatic nitrogens is 2. The van der Waals surface area contributed by atoms with Crippen LogP contribution < -0.4 is 10.3 Å². The van der Waals surface area contributed by atoms with Gasteiger partial charge in [-0.1, -0.05) is 30.3 Å². The normalized spacial score (nSPS) is 11.1. The Hall–Kier alpha value is -4.73. The highest BCUT2D eigenvalue weighted by Gasteiger charge is 2.15. The second-order valence-corrected chi connectivity index (χ2v) is 7.43. The highest BCUT2D eigenvalue weighted by Crippen LogP contribution is 2.38. The van der Waals surface area contributed by atoms with Crippen molar-refractivity contribution in [1.82, 2.24) is 9.78 Å². The Bertz CT molecular complexity index is 1490. The van der Waals surface area contributed by atoms with Crippen LogP contribution in [0.15, 0.2) is 75.7 Å². The first-order valence-corrected chi connectivity index (χ1v) is 10.1. The summed E-state index contributed by atoms with van der Waals surface area (Å²) in [6.45, 7) is 3.25. The highest BCUT2D eigenvalue weighted by molar-refractivity contribution is 5.77. The number of halogens is 1. The van der Waals surface area contributed by atoms with Crippen molar-refractivity contribution in [2.24, 2.45) is 10.2 Å². The first kappa shape index (κ1) is 22.5. The Kier molecular flexibility index (Phi) is 5.96. The molecule has 0 aliphatic heterocycles. The number of aromatic hydroxyl groups is 1. The Balaban J connectivity index is 1.68. The van der Waals surface area contributed by atoms with Gasteiger partial charge in [0.1, 0.15) is 17.3 Å². The maximum Gasteiger partial charge on any atom is 0.511 e. The molecule has 0 fully saturated rings. The van der Waals surface area contributed by atoms with E-state index < -0.39 is 17.5 Å². The lowest BCUT2D eigenvalue weighted by atomic mass is 10.0. The molecule has 0 amide bonds. The van der Waals surface area contributed by atoms with Gasteiger partial charge in [-0.2, -0.15) is 0 Å². The van der Waals surface area contributed by atoms with Gasteiger partial charge in [0.15, 0.2) is 11.4 Å². The number of para-hydroxylation sites is 1. The van der Waals surface area contributed by atoms with Gasteiger partial charge in [-0.05, 0) is 55.3 Å². The van der Waals surface area contributed by atoms with Gasteiger partial charge in [0.05, 0.1) is 11.4 Å². The average molecular weight is 462 g/mol. The van der Waals surface area contributed by atoms with Crippen molar-refractivity contribution in [3.05, 3.63) is 88.1 Å². The molecule has 4 aromatic rings. The fraction of sp³-hybridized carbons (Fsp3) is 0.0833. The van der Waals surface area contributed by atoms with E-state index in [2.05, 4.69) is 20.1 Å². The summed E-state index contributed by atoms with van der Waals surface area (Å²) in [6, 6.07) is 15.3. The number of hydrogen-bond acceptors (Lipinski definition) is 6. The average Bonchev–Trinajstić information content (AvgIpc) is 3.08. The summed E-state index contributed by atoms with van der Waals surface area (Å²) in [5.74, 6) is -0.570. The molecule has 0 unspecified atom stereocenters. The van der Waals surface area contributed by atoms with Crippen molar-refractivity contribution in [1.29, 1.82) is 0 Å². The van der Waals surface area contributed by atoms with Crippen LogP contribution in [-0.4, -0.2) is 26.1 Å². The van der Waals surface area contributed by atoms with Crippen LogP contribution in [0.3, 0.4) is 0 Å². The molecular formula is C24H19FN4O5. The van der Waals surface area contributed by atoms with Gasteiger partial charge >= 0.3 is 6.16 Å². The molecule has 1 heterocycles. The van der Waals surface area contributed by atoms with Crippen molar-refractivity contribution in [2.45, 2.75) is 13.8 Å². The third-order valence-corrected chi connectivity index (χ3v) is 5.08. The molecule has 0 atom stereocenters. The zero-order valence-electron chi connectivity index (χ0n) is 18.1. The molecule has 34 heavy (non-hydrogen) atoms. The van der Waals surface area contributed by atoms with E-state index in [1.807, 2.05) is 0 Å². The number of hydrogen-bond donors (Lipinski definition) is 3. The maximum atomic E-state index is 13.9. The summed E-state index contributed by atoms with van der Waals surface area (Å²) in [4.78, 5) is 23.6. The molecule has 0 saturated carbocycles. The van der Waals surface area contributed by atoms with Crippen LogP contribution >= 0.6 is 0 Å². The molecule has 3 N–H and O–H groups in total. The van der Waals surface area contributed by atoms with Gasteiger partial charge < -0.3 is 14.9 Å². The Labute approximate surface area is 192 Å². The van der Waals surface area contributed by atoms with E-state index in [0.29, 0.717) is 28.1 Å². The molecule has 1 aromatic heterocycles. The number of phenolic OH excluding ortho intramolecular Hbond substituents is 1. The van der Waals surface area contributed by atoms with Crippen LogP contribution in [0.5, 0.6) is 11.5 Å². The number of carboxylic acid groups (broad SMARTS) is 1. The minimum absolute atomic E-state index is 0.00245. The molecule has 0 spiro atoms. The van der Waals surface area contributed by atoms with Gasteiger partial charge in [-0.15, -0.1) is 10.2 Å². The van der Waals surface area contributed by atoms with E-state index in [1.54, 1.807) is 50.2 Å². The number of ether oxygens (including phenoxy) is 1. The Morgan fingerprint density at radius 2 is 1.82 bits per heavy atom. The summed E-state index contributed by atoms with van der Waals surface area (Å²) < 4.78 is 19.8. The number of phenols is 1. The number of benzene rings is 3. The highest BCUT2D eigenvalue weighted by atomic mass is 19.1. The fourth-order valence-electron chi connectivity index (χ4n) is 3.33. The summed E-state index contributed by atoms with van der Waals surface area (Å²) in [5, 5.41) is 30.4. The third-order valence-electron chi connectivity index (χ3n) is 5.08. The molecule has 10 heteroatoms. The minimum atomic E-state index is -1.45. The number of azo groups is 1. The standard InChI is InChI=1S/C24H19FN4O5/c1-13-9-10-16(12-19(13)25)29-23(31)21(14(2)28-29)27-26-20-8-4-7-18(22(20)30)15-5-3-6-17(11-15)34-24(32)33/h3-12,28,30H,1-2H3,(H,32,33). The second-order valence-electron chi connectivity index (χ2n) is 7.43. The largest absolute Gasteiger partial charge is 0.511 e. The number of H-pyrrole nitrogens is 1. The Morgan fingerprint density at radius 1 is 1.06 bits per heavy atom. The van der Waals surface area contributed by atoms with Crippen LogP contribution in [0, 0.1) is 19.7 Å². The lowest BCUT2D eigenvalue weighted by Gasteiger charge is -2.08. The van der Waals surface area contributed by atoms with Crippen molar-refractivity contribution in [2.75, 3.05) is 0 Å². The topological polar surface area (TPSA) is 129 Å². The van der Waals surface area contributed by atoms with Crippen molar-refractivity contribution in [3.8, 4) is 28.3 Å². The molecule has 3 aromatic carbocycles. The van der Waals surface area contributed by atoms with E-state index in [-0.39, 0.29) is 22.9 Å². The first-order valence-electron chi connectivity index (χ1n) is 10.1. The molecular weight excluding hydrogens is 443 g/mol. The van der Waals surface area contributed by atoms with Crippen LogP contribution in [-0.2, 0) is 0 Å². The molecule has 9 nitrogen and oxygen atoms in total. The number of nitrogens with zero attached hydrogens (tertiary/aromatic N) is 3. The molecule has 0 bridgehead atoms. The van der Waals surface area contributed by atoms with Crippen LogP contribution in [0.4, 0.5) is 20.6 Å². The number of carbonyl (C=O) groups is 1. The van der Waals surface area contributed by atoms with Gasteiger partial charge in [0.2, 0.25) is 0 Å². The first-order chi connectivity index (χ1) is 16.2. The smallest absolute Gasteiger partial charge is 0.505 e. The molecule has 0 saturated heterocycles. The zero-order chi connectivity index (χ0) is 24.4. The zero-order valence-corrected chi connectivity index (χ0v) is 18.1. The van der Waals surface area contributed by atoms with Gasteiger partial charge in [0, 0.05) is 5.56 Å².